The lowest BCUT2D eigenvalue weighted by molar-refractivity contribution is -0.201. The summed E-state index contributed by atoms with van der Waals surface area (Å²) in [6.07, 6.45) is -6.78. The molecule has 0 amide bonds. The first kappa shape index (κ1) is 9.23. The van der Waals surface area contributed by atoms with Crippen molar-refractivity contribution in [1.82, 2.24) is 0 Å². The topological polar surface area (TPSA) is 20.2 Å². The highest BCUT2D eigenvalue weighted by molar-refractivity contribution is 9.09. The molecule has 0 aromatic carbocycles. The SMILES string of the molecule is C[C@@H](Br)[C@@H](O)C(F)(F)F. The van der Waals surface area contributed by atoms with Gasteiger partial charge in [0.15, 0.2) is 6.10 Å². The monoisotopic (exact) mass is 206 g/mol. The van der Waals surface area contributed by atoms with Gasteiger partial charge in [-0.15, -0.1) is 0 Å². The van der Waals surface area contributed by atoms with Gasteiger partial charge in [0, 0.05) is 4.83 Å². The zero-order valence-corrected chi connectivity index (χ0v) is 6.20. The van der Waals surface area contributed by atoms with Gasteiger partial charge in [-0.1, -0.05) is 15.9 Å². The van der Waals surface area contributed by atoms with Gasteiger partial charge in [0.05, 0.1) is 0 Å². The summed E-state index contributed by atoms with van der Waals surface area (Å²) >= 11 is 2.61. The van der Waals surface area contributed by atoms with Gasteiger partial charge in [0.1, 0.15) is 0 Å². The maximum Gasteiger partial charge on any atom is 0.415 e. The normalized spacial score (nSPS) is 19.3. The molecule has 0 fully saturated rings. The van der Waals surface area contributed by atoms with E-state index in [2.05, 4.69) is 15.9 Å². The molecule has 0 unspecified atom stereocenters. The van der Waals surface area contributed by atoms with Gasteiger partial charge < -0.3 is 5.11 Å². The van der Waals surface area contributed by atoms with E-state index in [9.17, 15) is 13.2 Å². The number of hydrogen-bond acceptors (Lipinski definition) is 1. The van der Waals surface area contributed by atoms with Crippen molar-refractivity contribution in [2.45, 2.75) is 24.0 Å². The van der Waals surface area contributed by atoms with Gasteiger partial charge in [-0.3, -0.25) is 0 Å². The third-order valence-electron chi connectivity index (χ3n) is 0.770. The van der Waals surface area contributed by atoms with E-state index < -0.39 is 17.1 Å². The molecule has 56 valence electrons. The smallest absolute Gasteiger partial charge is 0.383 e. The van der Waals surface area contributed by atoms with Gasteiger partial charge in [-0.2, -0.15) is 13.2 Å². The molecule has 0 aromatic heterocycles. The molecule has 0 radical (unpaired) electrons. The van der Waals surface area contributed by atoms with Gasteiger partial charge in [0.2, 0.25) is 0 Å². The molecule has 1 nitrogen and oxygen atoms in total. The summed E-state index contributed by atoms with van der Waals surface area (Å²) in [6.45, 7) is 1.23. The number of alkyl halides is 4. The van der Waals surface area contributed by atoms with E-state index in [0.717, 1.165) is 0 Å². The summed E-state index contributed by atoms with van der Waals surface area (Å²) in [5.74, 6) is 0. The molecule has 0 bridgehead atoms. The van der Waals surface area contributed by atoms with E-state index >= 15 is 0 Å². The van der Waals surface area contributed by atoms with Gasteiger partial charge in [0.25, 0.3) is 0 Å². The highest BCUT2D eigenvalue weighted by Gasteiger charge is 2.40. The molecule has 9 heavy (non-hydrogen) atoms. The van der Waals surface area contributed by atoms with Gasteiger partial charge in [-0.05, 0) is 6.92 Å². The van der Waals surface area contributed by atoms with Gasteiger partial charge >= 0.3 is 6.18 Å². The lowest BCUT2D eigenvalue weighted by atomic mass is 10.3. The van der Waals surface area contributed by atoms with Crippen molar-refractivity contribution in [2.75, 3.05) is 0 Å². The second-order valence-corrected chi connectivity index (χ2v) is 3.11. The minimum absolute atomic E-state index is 0.947. The molecule has 0 aliphatic heterocycles. The van der Waals surface area contributed by atoms with E-state index in [-0.39, 0.29) is 0 Å². The van der Waals surface area contributed by atoms with Crippen molar-refractivity contribution in [1.29, 1.82) is 0 Å². The number of aliphatic hydroxyl groups is 1. The summed E-state index contributed by atoms with van der Waals surface area (Å²) in [5, 5.41) is 8.29. The first-order chi connectivity index (χ1) is 3.85. The second-order valence-electron chi connectivity index (χ2n) is 1.66. The number of rotatable bonds is 1. The van der Waals surface area contributed by atoms with Crippen LogP contribution in [0.5, 0.6) is 0 Å². The Kier molecular flexibility index (Phi) is 2.95. The lowest BCUT2D eigenvalue weighted by Gasteiger charge is -2.15. The van der Waals surface area contributed by atoms with Crippen LogP contribution in [0.25, 0.3) is 0 Å². The second kappa shape index (κ2) is 2.88. The van der Waals surface area contributed by atoms with Crippen molar-refractivity contribution in [3.63, 3.8) is 0 Å². The molecular formula is C4H6BrF3O. The Hall–Kier alpha value is 0.230. The van der Waals surface area contributed by atoms with Gasteiger partial charge in [-0.25, -0.2) is 0 Å². The Balaban J connectivity index is 3.88. The quantitative estimate of drug-likeness (QED) is 0.648. The number of aliphatic hydroxyl groups excluding tert-OH is 1. The minimum atomic E-state index is -4.51. The Morgan fingerprint density at radius 3 is 1.78 bits per heavy atom. The van der Waals surface area contributed by atoms with Crippen LogP contribution in [0.2, 0.25) is 0 Å². The fraction of sp³-hybridized carbons (Fsp3) is 1.00. The summed E-state index contributed by atoms with van der Waals surface area (Å²) in [7, 11) is 0. The minimum Gasteiger partial charge on any atom is -0.383 e. The molecule has 0 rings (SSSR count). The maximum absolute atomic E-state index is 11.4. The van der Waals surface area contributed by atoms with Crippen LogP contribution in [0.1, 0.15) is 6.92 Å². The molecule has 0 aliphatic rings. The van der Waals surface area contributed by atoms with Crippen molar-refractivity contribution in [2.24, 2.45) is 0 Å². The predicted octanol–water partition coefficient (Wildman–Crippen LogP) is 1.69. The standard InChI is InChI=1S/C4H6BrF3O/c1-2(5)3(9)4(6,7)8/h2-3,9H,1H3/t2-,3-/m1/s1. The number of halogens is 4. The number of hydrogen-bond donors (Lipinski definition) is 1. The molecule has 0 saturated carbocycles. The Morgan fingerprint density at radius 2 is 1.78 bits per heavy atom. The van der Waals surface area contributed by atoms with E-state index in [0.29, 0.717) is 0 Å². The lowest BCUT2D eigenvalue weighted by Crippen LogP contribution is -2.34. The van der Waals surface area contributed by atoms with E-state index in [1.165, 1.54) is 6.92 Å². The molecule has 5 heteroatoms. The van der Waals surface area contributed by atoms with Crippen LogP contribution in [0.4, 0.5) is 13.2 Å². The molecule has 0 aromatic rings. The van der Waals surface area contributed by atoms with Crippen molar-refractivity contribution in [3.8, 4) is 0 Å². The van der Waals surface area contributed by atoms with Crippen LogP contribution in [0.3, 0.4) is 0 Å². The Bertz CT molecular complexity index is 90.3. The summed E-state index contributed by atoms with van der Waals surface area (Å²) < 4.78 is 34.3. The summed E-state index contributed by atoms with van der Waals surface area (Å²) in [6, 6.07) is 0. The Morgan fingerprint density at radius 1 is 1.44 bits per heavy atom. The first-order valence-corrected chi connectivity index (χ1v) is 3.16. The van der Waals surface area contributed by atoms with Crippen LogP contribution in [0.15, 0.2) is 0 Å². The maximum atomic E-state index is 11.4. The average Bonchev–Trinajstić information content (AvgIpc) is 1.62. The predicted molar refractivity (Wildman–Crippen MR) is 30.5 cm³/mol. The van der Waals surface area contributed by atoms with Crippen LogP contribution in [0, 0.1) is 0 Å². The molecule has 0 saturated heterocycles. The largest absolute Gasteiger partial charge is 0.415 e. The molecule has 0 spiro atoms. The Labute approximate surface area is 59.0 Å². The van der Waals surface area contributed by atoms with Crippen LogP contribution in [-0.4, -0.2) is 22.2 Å². The van der Waals surface area contributed by atoms with E-state index in [4.69, 9.17) is 5.11 Å². The van der Waals surface area contributed by atoms with E-state index in [1.54, 1.807) is 0 Å². The zero-order valence-electron chi connectivity index (χ0n) is 4.61. The van der Waals surface area contributed by atoms with Crippen molar-refractivity contribution >= 4 is 15.9 Å². The molecule has 2 atom stereocenters. The molecular weight excluding hydrogens is 201 g/mol. The zero-order chi connectivity index (χ0) is 7.65. The third kappa shape index (κ3) is 3.05. The fourth-order valence-electron chi connectivity index (χ4n) is 0.260. The van der Waals surface area contributed by atoms with E-state index in [1.807, 2.05) is 0 Å². The third-order valence-corrected chi connectivity index (χ3v) is 1.27. The highest BCUT2D eigenvalue weighted by atomic mass is 79.9. The molecule has 0 aliphatic carbocycles. The first-order valence-electron chi connectivity index (χ1n) is 2.24. The molecule has 1 N–H and O–H groups in total. The van der Waals surface area contributed by atoms with Crippen LogP contribution < -0.4 is 0 Å². The van der Waals surface area contributed by atoms with Crippen molar-refractivity contribution < 1.29 is 18.3 Å². The molecule has 0 heterocycles. The summed E-state index contributed by atoms with van der Waals surface area (Å²) in [4.78, 5) is -0.947. The van der Waals surface area contributed by atoms with Crippen LogP contribution in [-0.2, 0) is 0 Å². The van der Waals surface area contributed by atoms with Crippen LogP contribution >= 0.6 is 15.9 Å². The summed E-state index contributed by atoms with van der Waals surface area (Å²) in [5.41, 5.74) is 0. The highest BCUT2D eigenvalue weighted by Crippen LogP contribution is 2.25. The van der Waals surface area contributed by atoms with Crippen molar-refractivity contribution in [3.05, 3.63) is 0 Å². The fourth-order valence-corrected chi connectivity index (χ4v) is 0.560. The average molecular weight is 207 g/mol.